The number of benzene rings is 1. The van der Waals surface area contributed by atoms with Crippen LogP contribution < -0.4 is 10.1 Å². The highest BCUT2D eigenvalue weighted by molar-refractivity contribution is 6.30. The molecule has 8 nitrogen and oxygen atoms in total. The van der Waals surface area contributed by atoms with Gasteiger partial charge in [0.2, 0.25) is 0 Å². The number of carbonyl (C=O) groups is 1. The number of hydrogen-bond acceptors (Lipinski definition) is 7. The highest BCUT2D eigenvalue weighted by Gasteiger charge is 2.37. The molecule has 2 aliphatic rings. The van der Waals surface area contributed by atoms with Crippen molar-refractivity contribution < 1.29 is 24.1 Å². The summed E-state index contributed by atoms with van der Waals surface area (Å²) in [5, 5.41) is 12.8. The van der Waals surface area contributed by atoms with Crippen LogP contribution in [0.25, 0.3) is 0 Å². The van der Waals surface area contributed by atoms with Gasteiger partial charge in [0.05, 0.1) is 31.5 Å². The summed E-state index contributed by atoms with van der Waals surface area (Å²) in [6.07, 6.45) is 1.70. The van der Waals surface area contributed by atoms with Crippen molar-refractivity contribution in [2.75, 3.05) is 38.2 Å². The predicted octanol–water partition coefficient (Wildman–Crippen LogP) is 2.28. The van der Waals surface area contributed by atoms with Crippen LogP contribution in [-0.4, -0.2) is 72.1 Å². The first kappa shape index (κ1) is 20.9. The number of hydrogen-bond donors (Lipinski definition) is 2. The second-order valence-electron chi connectivity index (χ2n) is 7.43. The number of nitrogens with one attached hydrogen (secondary N) is 1. The minimum absolute atomic E-state index is 0.0249. The number of pyridine rings is 1. The van der Waals surface area contributed by atoms with E-state index < -0.39 is 12.6 Å². The maximum Gasteiger partial charge on any atom is 0.341 e. The van der Waals surface area contributed by atoms with Gasteiger partial charge in [-0.25, -0.2) is 9.78 Å². The van der Waals surface area contributed by atoms with Crippen LogP contribution in [0.5, 0.6) is 5.75 Å². The number of aromatic nitrogens is 1. The lowest BCUT2D eigenvalue weighted by molar-refractivity contribution is -0.139. The van der Waals surface area contributed by atoms with Crippen LogP contribution in [-0.2, 0) is 20.8 Å². The second-order valence-corrected chi connectivity index (χ2v) is 7.86. The average Bonchev–Trinajstić information content (AvgIpc) is 3.02. The monoisotopic (exact) mass is 433 g/mol. The smallest absolute Gasteiger partial charge is 0.341 e. The molecule has 0 bridgehead atoms. The van der Waals surface area contributed by atoms with Gasteiger partial charge in [-0.05, 0) is 30.3 Å². The molecule has 160 valence electrons. The summed E-state index contributed by atoms with van der Waals surface area (Å²) in [5.41, 5.74) is 0.843. The van der Waals surface area contributed by atoms with Crippen molar-refractivity contribution in [1.82, 2.24) is 9.88 Å². The SMILES string of the molecule is O=C(O)COc1ccc(Cl)cc1CN1C[C@@H]2OCC(Nc3ccccn3)CO[C@H]2C1. The first-order valence-electron chi connectivity index (χ1n) is 9.83. The lowest BCUT2D eigenvalue weighted by atomic mass is 10.2. The van der Waals surface area contributed by atoms with E-state index in [4.69, 9.17) is 30.9 Å². The van der Waals surface area contributed by atoms with Gasteiger partial charge >= 0.3 is 5.97 Å². The van der Waals surface area contributed by atoms with Crippen molar-refractivity contribution in [3.05, 3.63) is 53.2 Å². The van der Waals surface area contributed by atoms with Crippen molar-refractivity contribution in [3.8, 4) is 5.75 Å². The van der Waals surface area contributed by atoms with Crippen LogP contribution in [0.15, 0.2) is 42.6 Å². The first-order valence-corrected chi connectivity index (χ1v) is 10.2. The van der Waals surface area contributed by atoms with Gasteiger partial charge in [0.15, 0.2) is 6.61 Å². The Morgan fingerprint density at radius 3 is 2.67 bits per heavy atom. The molecule has 0 aliphatic carbocycles. The van der Waals surface area contributed by atoms with Crippen molar-refractivity contribution in [3.63, 3.8) is 0 Å². The number of carboxylic acid groups (broad SMARTS) is 1. The predicted molar refractivity (Wildman–Crippen MR) is 111 cm³/mol. The molecule has 2 aliphatic heterocycles. The summed E-state index contributed by atoms with van der Waals surface area (Å²) < 4.78 is 17.7. The van der Waals surface area contributed by atoms with E-state index in [1.807, 2.05) is 24.3 Å². The Kier molecular flexibility index (Phi) is 6.69. The third-order valence-electron chi connectivity index (χ3n) is 5.10. The molecule has 0 spiro atoms. The Bertz CT molecular complexity index is 853. The zero-order valence-electron chi connectivity index (χ0n) is 16.4. The molecule has 0 unspecified atom stereocenters. The molecule has 0 radical (unpaired) electrons. The fourth-order valence-electron chi connectivity index (χ4n) is 3.73. The Morgan fingerprint density at radius 2 is 2.00 bits per heavy atom. The Labute approximate surface area is 179 Å². The van der Waals surface area contributed by atoms with E-state index in [-0.39, 0.29) is 18.2 Å². The van der Waals surface area contributed by atoms with Crippen molar-refractivity contribution in [2.24, 2.45) is 0 Å². The van der Waals surface area contributed by atoms with Crippen LogP contribution >= 0.6 is 11.6 Å². The summed E-state index contributed by atoms with van der Waals surface area (Å²) >= 11 is 6.14. The average molecular weight is 434 g/mol. The number of likely N-dealkylation sites (tertiary alicyclic amines) is 1. The van der Waals surface area contributed by atoms with Crippen molar-refractivity contribution in [1.29, 1.82) is 0 Å². The third-order valence-corrected chi connectivity index (χ3v) is 5.33. The zero-order valence-corrected chi connectivity index (χ0v) is 17.1. The van der Waals surface area contributed by atoms with E-state index >= 15 is 0 Å². The van der Waals surface area contributed by atoms with Crippen LogP contribution in [0.4, 0.5) is 5.82 Å². The highest BCUT2D eigenvalue weighted by atomic mass is 35.5. The number of aliphatic carboxylic acids is 1. The van der Waals surface area contributed by atoms with Crippen LogP contribution in [0, 0.1) is 0 Å². The molecule has 3 heterocycles. The summed E-state index contributed by atoms with van der Waals surface area (Å²) in [4.78, 5) is 17.3. The number of carboxylic acids is 1. The zero-order chi connectivity index (χ0) is 20.9. The third kappa shape index (κ3) is 5.40. The highest BCUT2D eigenvalue weighted by Crippen LogP contribution is 2.28. The van der Waals surface area contributed by atoms with Gasteiger partial charge in [0.1, 0.15) is 11.6 Å². The minimum atomic E-state index is -1.02. The largest absolute Gasteiger partial charge is 0.482 e. The van der Waals surface area contributed by atoms with E-state index in [9.17, 15) is 4.79 Å². The van der Waals surface area contributed by atoms with Gasteiger partial charge in [-0.15, -0.1) is 0 Å². The van der Waals surface area contributed by atoms with Gasteiger partial charge in [-0.2, -0.15) is 0 Å². The Morgan fingerprint density at radius 1 is 1.23 bits per heavy atom. The van der Waals surface area contributed by atoms with Crippen molar-refractivity contribution >= 4 is 23.4 Å². The molecule has 4 rings (SSSR count). The van der Waals surface area contributed by atoms with Crippen LogP contribution in [0.2, 0.25) is 5.02 Å². The van der Waals surface area contributed by atoms with Crippen molar-refractivity contribution in [2.45, 2.75) is 24.8 Å². The quantitative estimate of drug-likeness (QED) is 0.687. The molecule has 9 heteroatoms. The number of anilines is 1. The molecular formula is C21H24ClN3O5. The van der Waals surface area contributed by atoms with Gasteiger partial charge in [-0.3, -0.25) is 4.90 Å². The molecule has 0 saturated carbocycles. The van der Waals surface area contributed by atoms with E-state index in [1.54, 1.807) is 18.3 Å². The number of ether oxygens (including phenoxy) is 3. The summed E-state index contributed by atoms with van der Waals surface area (Å²) in [7, 11) is 0. The molecule has 2 atom stereocenters. The molecule has 30 heavy (non-hydrogen) atoms. The van der Waals surface area contributed by atoms with Gasteiger partial charge in [-0.1, -0.05) is 17.7 Å². The minimum Gasteiger partial charge on any atom is -0.482 e. The molecule has 1 aromatic carbocycles. The molecular weight excluding hydrogens is 410 g/mol. The molecule has 0 amide bonds. The standard InChI is InChI=1S/C21H24ClN3O5/c22-15-4-5-17(30-13-21(26)27)14(7-15)8-25-9-18-19(10-25)29-12-16(11-28-18)24-20-3-1-2-6-23-20/h1-7,16,18-19H,8-13H2,(H,23,24)(H,26,27)/t18-,19-/m0/s1. The van der Waals surface area contributed by atoms with Crippen LogP contribution in [0.1, 0.15) is 5.56 Å². The topological polar surface area (TPSA) is 93.2 Å². The first-order chi connectivity index (χ1) is 14.6. The Hall–Kier alpha value is -2.39. The van der Waals surface area contributed by atoms with Gasteiger partial charge in [0, 0.05) is 36.4 Å². The second kappa shape index (κ2) is 9.61. The summed E-state index contributed by atoms with van der Waals surface area (Å²) in [6.45, 7) is 2.69. The summed E-state index contributed by atoms with van der Waals surface area (Å²) in [6, 6.07) is 11.0. The van der Waals surface area contributed by atoms with Crippen LogP contribution in [0.3, 0.4) is 0 Å². The number of nitrogens with zero attached hydrogens (tertiary/aromatic N) is 2. The number of halogens is 1. The maximum atomic E-state index is 10.8. The maximum absolute atomic E-state index is 10.8. The van der Waals surface area contributed by atoms with E-state index in [0.717, 1.165) is 11.4 Å². The fraction of sp³-hybridized carbons (Fsp3) is 0.429. The van der Waals surface area contributed by atoms with Gasteiger partial charge < -0.3 is 24.6 Å². The molecule has 2 fully saturated rings. The molecule has 2 N–H and O–H groups in total. The Balaban J connectivity index is 1.34. The molecule has 2 aromatic rings. The fourth-order valence-corrected chi connectivity index (χ4v) is 3.92. The van der Waals surface area contributed by atoms with Gasteiger partial charge in [0.25, 0.3) is 0 Å². The number of fused-ring (bicyclic) bond motifs is 1. The van der Waals surface area contributed by atoms with E-state index in [2.05, 4.69) is 15.2 Å². The van der Waals surface area contributed by atoms with E-state index in [0.29, 0.717) is 43.6 Å². The van der Waals surface area contributed by atoms with E-state index in [1.165, 1.54) is 0 Å². The summed E-state index contributed by atoms with van der Waals surface area (Å²) in [5.74, 6) is 0.309. The molecule has 2 saturated heterocycles. The lowest BCUT2D eigenvalue weighted by Crippen LogP contribution is -2.31. The molecule has 1 aromatic heterocycles. The number of rotatable bonds is 7. The normalized spacial score (nSPS) is 22.3. The lowest BCUT2D eigenvalue weighted by Gasteiger charge is -2.20.